The van der Waals surface area contributed by atoms with Crippen LogP contribution in [0.2, 0.25) is 0 Å². The van der Waals surface area contributed by atoms with E-state index in [2.05, 4.69) is 181 Å². The van der Waals surface area contributed by atoms with Crippen LogP contribution < -0.4 is 9.80 Å². The van der Waals surface area contributed by atoms with Crippen LogP contribution in [0.4, 0.5) is 34.1 Å². The normalized spacial score (nSPS) is 11.5. The summed E-state index contributed by atoms with van der Waals surface area (Å²) in [5.74, 6) is 0. The minimum absolute atomic E-state index is 1.14. The van der Waals surface area contributed by atoms with Crippen molar-refractivity contribution >= 4 is 97.1 Å². The molecule has 0 saturated carbocycles. The molecule has 0 aliphatic rings. The zero-order valence-corrected chi connectivity index (χ0v) is 27.4. The monoisotopic (exact) mass is 638 g/mol. The molecule has 47 heavy (non-hydrogen) atoms. The fourth-order valence-corrected chi connectivity index (χ4v) is 9.11. The zero-order valence-electron chi connectivity index (χ0n) is 25.8. The van der Waals surface area contributed by atoms with Crippen LogP contribution in [0.1, 0.15) is 5.56 Å². The van der Waals surface area contributed by atoms with Crippen LogP contribution in [-0.2, 0) is 0 Å². The van der Waals surface area contributed by atoms with Crippen LogP contribution in [0.5, 0.6) is 0 Å². The van der Waals surface area contributed by atoms with Crippen LogP contribution in [0.25, 0.3) is 40.3 Å². The number of rotatable bonds is 6. The van der Waals surface area contributed by atoms with Gasteiger partial charge in [-0.2, -0.15) is 0 Å². The van der Waals surface area contributed by atoms with Gasteiger partial charge in [0.25, 0.3) is 0 Å². The highest BCUT2D eigenvalue weighted by molar-refractivity contribution is 7.26. The first-order valence-corrected chi connectivity index (χ1v) is 17.5. The van der Waals surface area contributed by atoms with Gasteiger partial charge in [-0.05, 0) is 103 Å². The van der Waals surface area contributed by atoms with Crippen molar-refractivity contribution in [1.82, 2.24) is 0 Å². The van der Waals surface area contributed by atoms with Crippen LogP contribution in [0.3, 0.4) is 0 Å². The molecule has 0 spiro atoms. The van der Waals surface area contributed by atoms with E-state index in [4.69, 9.17) is 0 Å². The molecule has 4 heteroatoms. The van der Waals surface area contributed by atoms with E-state index in [1.54, 1.807) is 0 Å². The van der Waals surface area contributed by atoms with E-state index in [9.17, 15) is 0 Å². The Labute approximate surface area is 282 Å². The lowest BCUT2D eigenvalue weighted by molar-refractivity contribution is 1.29. The maximum absolute atomic E-state index is 2.40. The molecule has 0 unspecified atom stereocenters. The molecule has 2 heterocycles. The number of benzene rings is 7. The maximum atomic E-state index is 2.40. The number of fused-ring (bicyclic) bond motifs is 6. The van der Waals surface area contributed by atoms with Crippen molar-refractivity contribution in [3.05, 3.63) is 169 Å². The number of thiophene rings is 2. The average molecular weight is 639 g/mol. The van der Waals surface area contributed by atoms with Gasteiger partial charge in [0, 0.05) is 74.5 Å². The first-order chi connectivity index (χ1) is 23.2. The fraction of sp³-hybridized carbons (Fsp3) is 0.0233. The number of hydrogen-bond donors (Lipinski definition) is 0. The fourth-order valence-electron chi connectivity index (χ4n) is 6.83. The summed E-state index contributed by atoms with van der Waals surface area (Å²) in [6.07, 6.45) is 0. The van der Waals surface area contributed by atoms with Gasteiger partial charge in [-0.3, -0.25) is 0 Å². The summed E-state index contributed by atoms with van der Waals surface area (Å²) in [4.78, 5) is 4.74. The van der Waals surface area contributed by atoms with E-state index in [0.29, 0.717) is 0 Å². The Kier molecular flexibility index (Phi) is 6.77. The van der Waals surface area contributed by atoms with Gasteiger partial charge in [0.05, 0.1) is 0 Å². The summed E-state index contributed by atoms with van der Waals surface area (Å²) in [6.45, 7) is 2.26. The zero-order chi connectivity index (χ0) is 31.3. The largest absolute Gasteiger partial charge is 0.310 e. The summed E-state index contributed by atoms with van der Waals surface area (Å²) in [7, 11) is 0. The molecule has 0 aliphatic carbocycles. The molecule has 0 saturated heterocycles. The molecule has 0 aliphatic heterocycles. The molecule has 0 atom stereocenters. The van der Waals surface area contributed by atoms with Gasteiger partial charge >= 0.3 is 0 Å². The van der Waals surface area contributed by atoms with Crippen molar-refractivity contribution < 1.29 is 0 Å². The summed E-state index contributed by atoms with van der Waals surface area (Å²) in [5, 5.41) is 5.23. The molecule has 0 N–H and O–H groups in total. The lowest BCUT2D eigenvalue weighted by atomic mass is 10.0. The second kappa shape index (κ2) is 11.4. The minimum atomic E-state index is 1.14. The van der Waals surface area contributed by atoms with Gasteiger partial charge < -0.3 is 9.80 Å². The summed E-state index contributed by atoms with van der Waals surface area (Å²) in [6, 6.07) is 59.3. The molecule has 9 aromatic rings. The van der Waals surface area contributed by atoms with Crippen LogP contribution in [0.15, 0.2) is 164 Å². The average Bonchev–Trinajstić information content (AvgIpc) is 3.68. The third kappa shape index (κ3) is 4.85. The van der Waals surface area contributed by atoms with E-state index >= 15 is 0 Å². The molecule has 0 radical (unpaired) electrons. The van der Waals surface area contributed by atoms with E-state index in [-0.39, 0.29) is 0 Å². The van der Waals surface area contributed by atoms with Crippen molar-refractivity contribution in [3.63, 3.8) is 0 Å². The lowest BCUT2D eigenvalue weighted by Gasteiger charge is -2.26. The molecule has 9 rings (SSSR count). The molecule has 0 bridgehead atoms. The van der Waals surface area contributed by atoms with E-state index in [0.717, 1.165) is 28.4 Å². The molecular formula is C43H30N2S2. The SMILES string of the molecule is Cc1cc(N(c2ccccc2)c2ccc3sc4ccccc4c3c2)cc2sc3ccc(N(c4ccccc4)c4ccccc4)cc3c12. The van der Waals surface area contributed by atoms with E-state index in [1.807, 2.05) is 22.7 Å². The third-order valence-electron chi connectivity index (χ3n) is 8.91. The third-order valence-corrected chi connectivity index (χ3v) is 11.2. The van der Waals surface area contributed by atoms with Gasteiger partial charge in [0.15, 0.2) is 0 Å². The van der Waals surface area contributed by atoms with E-state index in [1.165, 1.54) is 51.6 Å². The number of nitrogens with zero attached hydrogens (tertiary/aromatic N) is 2. The Morgan fingerprint density at radius 2 is 0.809 bits per heavy atom. The number of para-hydroxylation sites is 3. The van der Waals surface area contributed by atoms with Crippen LogP contribution in [0, 0.1) is 6.92 Å². The predicted molar refractivity (Wildman–Crippen MR) is 206 cm³/mol. The van der Waals surface area contributed by atoms with Gasteiger partial charge in [0.1, 0.15) is 0 Å². The Morgan fingerprint density at radius 1 is 0.340 bits per heavy atom. The Morgan fingerprint density at radius 3 is 1.43 bits per heavy atom. The molecule has 224 valence electrons. The van der Waals surface area contributed by atoms with Gasteiger partial charge in [-0.25, -0.2) is 0 Å². The lowest BCUT2D eigenvalue weighted by Crippen LogP contribution is -2.10. The Hall–Kier alpha value is -5.42. The second-order valence-electron chi connectivity index (χ2n) is 11.9. The Bertz CT molecular complexity index is 2490. The topological polar surface area (TPSA) is 6.48 Å². The highest BCUT2D eigenvalue weighted by Gasteiger charge is 2.19. The maximum Gasteiger partial charge on any atom is 0.0478 e. The molecule has 0 amide bonds. The molecule has 2 nitrogen and oxygen atoms in total. The first kappa shape index (κ1) is 27.9. The van der Waals surface area contributed by atoms with Crippen molar-refractivity contribution in [2.75, 3.05) is 9.80 Å². The number of aryl methyl sites for hydroxylation is 1. The Balaban J connectivity index is 1.21. The summed E-state index contributed by atoms with van der Waals surface area (Å²) in [5.41, 5.74) is 8.19. The molecule has 0 fully saturated rings. The smallest absolute Gasteiger partial charge is 0.0478 e. The summed E-state index contributed by atoms with van der Waals surface area (Å²) < 4.78 is 5.23. The van der Waals surface area contributed by atoms with E-state index < -0.39 is 0 Å². The van der Waals surface area contributed by atoms with Crippen molar-refractivity contribution in [2.45, 2.75) is 6.92 Å². The quantitative estimate of drug-likeness (QED) is 0.179. The number of anilines is 6. The van der Waals surface area contributed by atoms with Crippen LogP contribution >= 0.6 is 22.7 Å². The van der Waals surface area contributed by atoms with Gasteiger partial charge in [0.2, 0.25) is 0 Å². The van der Waals surface area contributed by atoms with Crippen molar-refractivity contribution in [2.24, 2.45) is 0 Å². The second-order valence-corrected chi connectivity index (χ2v) is 14.0. The van der Waals surface area contributed by atoms with Gasteiger partial charge in [-0.1, -0.05) is 72.8 Å². The van der Waals surface area contributed by atoms with Crippen LogP contribution in [-0.4, -0.2) is 0 Å². The molecular weight excluding hydrogens is 609 g/mol. The number of hydrogen-bond acceptors (Lipinski definition) is 4. The highest BCUT2D eigenvalue weighted by atomic mass is 32.1. The van der Waals surface area contributed by atoms with Crippen molar-refractivity contribution in [1.29, 1.82) is 0 Å². The highest BCUT2D eigenvalue weighted by Crippen LogP contribution is 2.46. The van der Waals surface area contributed by atoms with Crippen molar-refractivity contribution in [3.8, 4) is 0 Å². The van der Waals surface area contributed by atoms with Gasteiger partial charge in [-0.15, -0.1) is 22.7 Å². The minimum Gasteiger partial charge on any atom is -0.310 e. The standard InChI is InChI=1S/C43H30N2S2/c1-29-25-35(45(32-17-9-4-10-18-32)33-21-23-40-37(26-33)36-19-11-12-20-39(36)46-40)28-42-43(29)38-27-34(22-24-41(38)47-42)44(30-13-5-2-6-14-30)31-15-7-3-8-16-31/h2-28H,1H3. The molecule has 7 aromatic carbocycles. The first-order valence-electron chi connectivity index (χ1n) is 15.8. The predicted octanol–water partition coefficient (Wildman–Crippen LogP) is 13.7. The molecule has 2 aromatic heterocycles. The summed E-state index contributed by atoms with van der Waals surface area (Å²) >= 11 is 3.73.